The van der Waals surface area contributed by atoms with E-state index in [4.69, 9.17) is 9.47 Å². The first-order valence-corrected chi connectivity index (χ1v) is 10.2. The summed E-state index contributed by atoms with van der Waals surface area (Å²) in [6, 6.07) is 15.4. The number of benzene rings is 2. The number of hydrogen-bond acceptors (Lipinski definition) is 5. The lowest BCUT2D eigenvalue weighted by molar-refractivity contribution is -0.118. The number of thiophene rings is 1. The minimum Gasteiger partial charge on any atom is -0.483 e. The van der Waals surface area contributed by atoms with Crippen LogP contribution in [0.3, 0.4) is 0 Å². The van der Waals surface area contributed by atoms with E-state index in [0.29, 0.717) is 16.3 Å². The predicted octanol–water partition coefficient (Wildman–Crippen LogP) is 5.23. The zero-order valence-electron chi connectivity index (χ0n) is 16.7. The number of esters is 1. The van der Waals surface area contributed by atoms with E-state index in [1.165, 1.54) is 11.3 Å². The Morgan fingerprint density at radius 1 is 1.07 bits per heavy atom. The van der Waals surface area contributed by atoms with Crippen LogP contribution >= 0.6 is 11.3 Å². The van der Waals surface area contributed by atoms with Crippen molar-refractivity contribution >= 4 is 28.2 Å². The Kier molecular flexibility index (Phi) is 6.67. The Labute approximate surface area is 174 Å². The summed E-state index contributed by atoms with van der Waals surface area (Å²) >= 11 is 1.29. The molecule has 0 radical (unpaired) electrons. The predicted molar refractivity (Wildman–Crippen MR) is 116 cm³/mol. The van der Waals surface area contributed by atoms with Crippen molar-refractivity contribution in [2.75, 3.05) is 18.5 Å². The Morgan fingerprint density at radius 2 is 1.83 bits per heavy atom. The third-order valence-corrected chi connectivity index (χ3v) is 5.21. The molecule has 0 fully saturated rings. The van der Waals surface area contributed by atoms with E-state index in [1.807, 2.05) is 67.8 Å². The molecule has 0 aliphatic carbocycles. The highest BCUT2D eigenvalue weighted by Gasteiger charge is 2.22. The topological polar surface area (TPSA) is 64.6 Å². The van der Waals surface area contributed by atoms with Crippen molar-refractivity contribution in [3.05, 3.63) is 70.6 Å². The normalized spacial score (nSPS) is 10.4. The van der Waals surface area contributed by atoms with Crippen molar-refractivity contribution in [2.45, 2.75) is 20.8 Å². The standard InChI is InChI=1S/C23H23NO4S/c1-4-27-23(26)21-18(17-8-6-5-7-9-17)14-29-22(21)24-20(25)13-28-19-12-15(2)10-11-16(19)3/h5-12,14H,4,13H2,1-3H3,(H,24,25). The Balaban J connectivity index is 1.79. The van der Waals surface area contributed by atoms with Crippen LogP contribution in [0.1, 0.15) is 28.4 Å². The molecule has 0 unspecified atom stereocenters. The van der Waals surface area contributed by atoms with E-state index in [9.17, 15) is 9.59 Å². The van der Waals surface area contributed by atoms with Crippen LogP contribution in [0.4, 0.5) is 5.00 Å². The molecule has 1 aromatic heterocycles. The second kappa shape index (κ2) is 9.39. The number of carbonyl (C=O) groups excluding carboxylic acids is 2. The molecule has 2 aromatic carbocycles. The molecule has 0 aliphatic rings. The molecule has 0 bridgehead atoms. The van der Waals surface area contributed by atoms with Crippen LogP contribution in [0, 0.1) is 13.8 Å². The van der Waals surface area contributed by atoms with Crippen LogP contribution in [-0.2, 0) is 9.53 Å². The van der Waals surface area contributed by atoms with E-state index in [0.717, 1.165) is 22.3 Å². The molecule has 1 amide bonds. The molecule has 0 aliphatic heterocycles. The number of carbonyl (C=O) groups is 2. The molecule has 0 atom stereocenters. The number of nitrogens with one attached hydrogen (secondary N) is 1. The largest absolute Gasteiger partial charge is 0.483 e. The summed E-state index contributed by atoms with van der Waals surface area (Å²) in [4.78, 5) is 25.0. The Bertz CT molecular complexity index is 1010. The van der Waals surface area contributed by atoms with E-state index >= 15 is 0 Å². The average molecular weight is 410 g/mol. The first kappa shape index (κ1) is 20.6. The number of ether oxygens (including phenoxy) is 2. The number of rotatable bonds is 7. The van der Waals surface area contributed by atoms with Gasteiger partial charge in [0.15, 0.2) is 6.61 Å². The van der Waals surface area contributed by atoms with Crippen LogP contribution < -0.4 is 10.1 Å². The summed E-state index contributed by atoms with van der Waals surface area (Å²) in [6.45, 7) is 5.76. The van der Waals surface area contributed by atoms with Gasteiger partial charge in [0.25, 0.3) is 5.91 Å². The summed E-state index contributed by atoms with van der Waals surface area (Å²) in [6.07, 6.45) is 0. The van der Waals surface area contributed by atoms with E-state index in [-0.39, 0.29) is 19.1 Å². The van der Waals surface area contributed by atoms with Gasteiger partial charge in [0, 0.05) is 10.9 Å². The summed E-state index contributed by atoms with van der Waals surface area (Å²) in [7, 11) is 0. The molecule has 1 heterocycles. The molecule has 0 saturated heterocycles. The highest BCUT2D eigenvalue weighted by atomic mass is 32.1. The fourth-order valence-corrected chi connectivity index (χ4v) is 3.83. The van der Waals surface area contributed by atoms with Gasteiger partial charge in [0.2, 0.25) is 0 Å². The third-order valence-electron chi connectivity index (χ3n) is 4.31. The molecule has 3 rings (SSSR count). The van der Waals surface area contributed by atoms with Crippen LogP contribution in [0.5, 0.6) is 5.75 Å². The first-order chi connectivity index (χ1) is 14.0. The Hall–Kier alpha value is -3.12. The van der Waals surface area contributed by atoms with Crippen molar-refractivity contribution in [1.82, 2.24) is 0 Å². The van der Waals surface area contributed by atoms with Crippen molar-refractivity contribution in [3.8, 4) is 16.9 Å². The van der Waals surface area contributed by atoms with Gasteiger partial charge in [0.05, 0.1) is 6.61 Å². The van der Waals surface area contributed by atoms with Crippen molar-refractivity contribution in [1.29, 1.82) is 0 Å². The van der Waals surface area contributed by atoms with Crippen LogP contribution in [0.15, 0.2) is 53.9 Å². The molecule has 5 nitrogen and oxygen atoms in total. The fourth-order valence-electron chi connectivity index (χ4n) is 2.85. The van der Waals surface area contributed by atoms with E-state index < -0.39 is 5.97 Å². The van der Waals surface area contributed by atoms with Crippen molar-refractivity contribution < 1.29 is 19.1 Å². The van der Waals surface area contributed by atoms with Crippen LogP contribution in [0.25, 0.3) is 11.1 Å². The summed E-state index contributed by atoms with van der Waals surface area (Å²) in [5.41, 5.74) is 4.00. The molecule has 150 valence electrons. The number of aryl methyl sites for hydroxylation is 2. The van der Waals surface area contributed by atoms with Gasteiger partial charge < -0.3 is 14.8 Å². The third kappa shape index (κ3) is 5.03. The van der Waals surface area contributed by atoms with Gasteiger partial charge in [-0.3, -0.25) is 4.79 Å². The minimum atomic E-state index is -0.460. The van der Waals surface area contributed by atoms with Crippen molar-refractivity contribution in [3.63, 3.8) is 0 Å². The van der Waals surface area contributed by atoms with Gasteiger partial charge >= 0.3 is 5.97 Å². The maximum Gasteiger partial charge on any atom is 0.341 e. The molecule has 0 saturated carbocycles. The highest BCUT2D eigenvalue weighted by molar-refractivity contribution is 7.15. The lowest BCUT2D eigenvalue weighted by atomic mass is 10.0. The van der Waals surface area contributed by atoms with E-state index in [2.05, 4.69) is 5.32 Å². The Morgan fingerprint density at radius 3 is 2.55 bits per heavy atom. The average Bonchev–Trinajstić information content (AvgIpc) is 3.13. The van der Waals surface area contributed by atoms with Gasteiger partial charge in [-0.2, -0.15) is 0 Å². The molecule has 0 spiro atoms. The summed E-state index contributed by atoms with van der Waals surface area (Å²) < 4.78 is 10.9. The molecule has 29 heavy (non-hydrogen) atoms. The molecule has 6 heteroatoms. The molecule has 3 aromatic rings. The van der Waals surface area contributed by atoms with Crippen LogP contribution in [0.2, 0.25) is 0 Å². The van der Waals surface area contributed by atoms with Gasteiger partial charge in [-0.05, 0) is 43.5 Å². The maximum absolute atomic E-state index is 12.6. The first-order valence-electron chi connectivity index (χ1n) is 9.33. The number of hydrogen-bond donors (Lipinski definition) is 1. The van der Waals surface area contributed by atoms with Crippen molar-refractivity contribution in [2.24, 2.45) is 0 Å². The summed E-state index contributed by atoms with van der Waals surface area (Å²) in [5, 5.41) is 5.10. The van der Waals surface area contributed by atoms with Gasteiger partial charge in [0.1, 0.15) is 16.3 Å². The minimum absolute atomic E-state index is 0.148. The fraction of sp³-hybridized carbons (Fsp3) is 0.217. The van der Waals surface area contributed by atoms with E-state index in [1.54, 1.807) is 6.92 Å². The van der Waals surface area contributed by atoms with Gasteiger partial charge in [-0.25, -0.2) is 4.79 Å². The SMILES string of the molecule is CCOC(=O)c1c(-c2ccccc2)csc1NC(=O)COc1cc(C)ccc1C. The molecule has 1 N–H and O–H groups in total. The second-order valence-electron chi connectivity index (χ2n) is 6.55. The number of anilines is 1. The smallest absolute Gasteiger partial charge is 0.341 e. The summed E-state index contributed by atoms with van der Waals surface area (Å²) in [5.74, 6) is -0.127. The highest BCUT2D eigenvalue weighted by Crippen LogP contribution is 2.36. The monoisotopic (exact) mass is 409 g/mol. The zero-order valence-corrected chi connectivity index (χ0v) is 17.5. The maximum atomic E-state index is 12.6. The zero-order chi connectivity index (χ0) is 20.8. The second-order valence-corrected chi connectivity index (χ2v) is 7.43. The lowest BCUT2D eigenvalue weighted by Crippen LogP contribution is -2.21. The van der Waals surface area contributed by atoms with Gasteiger partial charge in [-0.15, -0.1) is 11.3 Å². The molecular formula is C23H23NO4S. The van der Waals surface area contributed by atoms with Crippen LogP contribution in [-0.4, -0.2) is 25.1 Å². The quantitative estimate of drug-likeness (QED) is 0.543. The number of amides is 1. The van der Waals surface area contributed by atoms with Gasteiger partial charge in [-0.1, -0.05) is 42.5 Å². The molecular weight excluding hydrogens is 386 g/mol. The lowest BCUT2D eigenvalue weighted by Gasteiger charge is -2.11.